The van der Waals surface area contributed by atoms with E-state index in [4.69, 9.17) is 11.6 Å². The van der Waals surface area contributed by atoms with Gasteiger partial charge in [0.15, 0.2) is 5.82 Å². The maximum absolute atomic E-state index is 14.0. The highest BCUT2D eigenvalue weighted by Gasteiger charge is 2.18. The molecule has 0 amide bonds. The number of aromatic amines is 1. The first-order valence-corrected chi connectivity index (χ1v) is 8.83. The fourth-order valence-electron chi connectivity index (χ4n) is 2.98. The molecule has 1 N–H and O–H groups in total. The van der Waals surface area contributed by atoms with Crippen LogP contribution in [0.3, 0.4) is 0 Å². The quantitative estimate of drug-likeness (QED) is 0.557. The Morgan fingerprint density at radius 3 is 2.64 bits per heavy atom. The van der Waals surface area contributed by atoms with E-state index in [9.17, 15) is 8.78 Å². The summed E-state index contributed by atoms with van der Waals surface area (Å²) in [5.41, 5.74) is 3.45. The number of aryl methyl sites for hydroxylation is 2. The highest BCUT2D eigenvalue weighted by molar-refractivity contribution is 6.33. The molecule has 6 nitrogen and oxygen atoms in total. The second-order valence-electron chi connectivity index (χ2n) is 6.37. The molecule has 28 heavy (non-hydrogen) atoms. The molecule has 0 spiro atoms. The number of benzene rings is 1. The molecular formula is C19H15ClF2N6. The van der Waals surface area contributed by atoms with Gasteiger partial charge in [-0.1, -0.05) is 11.6 Å². The number of halogens is 3. The highest BCUT2D eigenvalue weighted by atomic mass is 35.5. The Bertz CT molecular complexity index is 1170. The van der Waals surface area contributed by atoms with Crippen molar-refractivity contribution in [1.82, 2.24) is 29.9 Å². The SMILES string of the molecule is Cc1cc(C)n(-c2cc(Cc3[nH]nc(-c4ccc(F)cc4F)c3Cl)ncn2)n1. The first kappa shape index (κ1) is 18.2. The molecule has 0 aliphatic carbocycles. The van der Waals surface area contributed by atoms with E-state index in [-0.39, 0.29) is 16.3 Å². The number of aromatic nitrogens is 6. The van der Waals surface area contributed by atoms with E-state index in [2.05, 4.69) is 25.3 Å². The summed E-state index contributed by atoms with van der Waals surface area (Å²) in [6.07, 6.45) is 1.79. The maximum Gasteiger partial charge on any atom is 0.157 e. The highest BCUT2D eigenvalue weighted by Crippen LogP contribution is 2.31. The van der Waals surface area contributed by atoms with Gasteiger partial charge >= 0.3 is 0 Å². The minimum atomic E-state index is -0.728. The van der Waals surface area contributed by atoms with Crippen LogP contribution >= 0.6 is 11.6 Å². The van der Waals surface area contributed by atoms with Crippen molar-refractivity contribution in [3.05, 3.63) is 76.1 Å². The zero-order valence-electron chi connectivity index (χ0n) is 15.0. The zero-order chi connectivity index (χ0) is 19.8. The molecule has 0 radical (unpaired) electrons. The van der Waals surface area contributed by atoms with Crippen molar-refractivity contribution >= 4 is 11.6 Å². The molecule has 0 fully saturated rings. The molecule has 9 heteroatoms. The largest absolute Gasteiger partial charge is 0.280 e. The summed E-state index contributed by atoms with van der Waals surface area (Å²) in [7, 11) is 0. The molecule has 1 aromatic carbocycles. The van der Waals surface area contributed by atoms with Crippen LogP contribution in [0.25, 0.3) is 17.1 Å². The Morgan fingerprint density at radius 2 is 1.93 bits per heavy atom. The van der Waals surface area contributed by atoms with Crippen molar-refractivity contribution in [3.63, 3.8) is 0 Å². The second-order valence-corrected chi connectivity index (χ2v) is 6.75. The lowest BCUT2D eigenvalue weighted by atomic mass is 10.1. The van der Waals surface area contributed by atoms with Gasteiger partial charge in [-0.25, -0.2) is 23.4 Å². The number of rotatable bonds is 4. The molecule has 0 aliphatic rings. The summed E-state index contributed by atoms with van der Waals surface area (Å²) in [5.74, 6) is -0.754. The Balaban J connectivity index is 1.65. The smallest absolute Gasteiger partial charge is 0.157 e. The molecule has 142 valence electrons. The van der Waals surface area contributed by atoms with Crippen LogP contribution in [0.2, 0.25) is 5.02 Å². The fourth-order valence-corrected chi connectivity index (χ4v) is 3.23. The monoisotopic (exact) mass is 400 g/mol. The van der Waals surface area contributed by atoms with Crippen molar-refractivity contribution in [2.75, 3.05) is 0 Å². The van der Waals surface area contributed by atoms with Crippen molar-refractivity contribution in [2.45, 2.75) is 20.3 Å². The topological polar surface area (TPSA) is 72.3 Å². The number of nitrogens with one attached hydrogen (secondary N) is 1. The van der Waals surface area contributed by atoms with E-state index in [1.54, 1.807) is 10.7 Å². The summed E-state index contributed by atoms with van der Waals surface area (Å²) in [5, 5.41) is 11.6. The van der Waals surface area contributed by atoms with E-state index in [0.29, 0.717) is 23.6 Å². The lowest BCUT2D eigenvalue weighted by molar-refractivity contribution is 0.585. The molecule has 0 saturated carbocycles. The van der Waals surface area contributed by atoms with E-state index in [0.717, 1.165) is 23.5 Å². The third kappa shape index (κ3) is 3.38. The minimum absolute atomic E-state index is 0.125. The number of hydrogen-bond acceptors (Lipinski definition) is 4. The second kappa shape index (κ2) is 7.12. The molecule has 0 bridgehead atoms. The van der Waals surface area contributed by atoms with Crippen LogP contribution in [0.15, 0.2) is 36.7 Å². The number of nitrogens with zero attached hydrogens (tertiary/aromatic N) is 5. The van der Waals surface area contributed by atoms with E-state index >= 15 is 0 Å². The molecule has 0 unspecified atom stereocenters. The summed E-state index contributed by atoms with van der Waals surface area (Å²) >= 11 is 6.39. The van der Waals surface area contributed by atoms with Crippen LogP contribution in [0.5, 0.6) is 0 Å². The van der Waals surface area contributed by atoms with Gasteiger partial charge in [-0.3, -0.25) is 5.10 Å². The van der Waals surface area contributed by atoms with Crippen LogP contribution in [0, 0.1) is 25.5 Å². The Kier molecular flexibility index (Phi) is 4.64. The van der Waals surface area contributed by atoms with Gasteiger partial charge in [0.25, 0.3) is 0 Å². The van der Waals surface area contributed by atoms with Crippen LogP contribution in [-0.4, -0.2) is 29.9 Å². The summed E-state index contributed by atoms with van der Waals surface area (Å²) in [6.45, 7) is 3.85. The molecule has 4 aromatic rings. The zero-order valence-corrected chi connectivity index (χ0v) is 15.8. The molecule has 0 saturated heterocycles. The van der Waals surface area contributed by atoms with Gasteiger partial charge in [-0.05, 0) is 32.0 Å². The lowest BCUT2D eigenvalue weighted by Crippen LogP contribution is -2.04. The minimum Gasteiger partial charge on any atom is -0.280 e. The molecular weight excluding hydrogens is 386 g/mol. The molecule has 0 atom stereocenters. The lowest BCUT2D eigenvalue weighted by Gasteiger charge is -2.05. The third-order valence-electron chi connectivity index (χ3n) is 4.26. The van der Waals surface area contributed by atoms with Crippen LogP contribution in [-0.2, 0) is 6.42 Å². The Labute approximate surface area is 164 Å². The van der Waals surface area contributed by atoms with Gasteiger partial charge in [-0.2, -0.15) is 10.2 Å². The number of hydrogen-bond donors (Lipinski definition) is 1. The predicted octanol–water partition coefficient (Wildman–Crippen LogP) is 4.19. The first-order chi connectivity index (χ1) is 13.4. The predicted molar refractivity (Wildman–Crippen MR) is 100 cm³/mol. The fraction of sp³-hybridized carbons (Fsp3) is 0.158. The van der Waals surface area contributed by atoms with Crippen LogP contribution < -0.4 is 0 Å². The van der Waals surface area contributed by atoms with Crippen molar-refractivity contribution in [1.29, 1.82) is 0 Å². The third-order valence-corrected chi connectivity index (χ3v) is 4.66. The molecule has 0 aliphatic heterocycles. The molecule has 3 aromatic heterocycles. The van der Waals surface area contributed by atoms with E-state index in [1.165, 1.54) is 12.4 Å². The van der Waals surface area contributed by atoms with Gasteiger partial charge in [-0.15, -0.1) is 0 Å². The van der Waals surface area contributed by atoms with E-state index < -0.39 is 11.6 Å². The standard InChI is InChI=1S/C19H15ClF2N6/c1-10-5-11(2)28(27-10)17-8-13(23-9-24-17)7-16-18(20)19(26-25-16)14-4-3-12(21)6-15(14)22/h3-6,8-9H,7H2,1-2H3,(H,25,26). The summed E-state index contributed by atoms with van der Waals surface area (Å²) in [4.78, 5) is 8.53. The summed E-state index contributed by atoms with van der Waals surface area (Å²) < 4.78 is 28.9. The van der Waals surface area contributed by atoms with Crippen molar-refractivity contribution in [3.8, 4) is 17.1 Å². The Hall–Kier alpha value is -3.13. The van der Waals surface area contributed by atoms with Crippen LogP contribution in [0.1, 0.15) is 22.8 Å². The van der Waals surface area contributed by atoms with E-state index in [1.807, 2.05) is 19.9 Å². The van der Waals surface area contributed by atoms with Gasteiger partial charge in [0.1, 0.15) is 23.7 Å². The van der Waals surface area contributed by atoms with Gasteiger partial charge in [0.2, 0.25) is 0 Å². The normalized spacial score (nSPS) is 11.2. The maximum atomic E-state index is 14.0. The Morgan fingerprint density at radius 1 is 1.11 bits per heavy atom. The molecule has 4 rings (SSSR count). The van der Waals surface area contributed by atoms with Gasteiger partial charge in [0.05, 0.1) is 22.1 Å². The van der Waals surface area contributed by atoms with Gasteiger partial charge in [0, 0.05) is 29.8 Å². The first-order valence-electron chi connectivity index (χ1n) is 8.45. The van der Waals surface area contributed by atoms with Crippen molar-refractivity contribution in [2.24, 2.45) is 0 Å². The van der Waals surface area contributed by atoms with Crippen molar-refractivity contribution < 1.29 is 8.78 Å². The molecule has 3 heterocycles. The van der Waals surface area contributed by atoms with Crippen LogP contribution in [0.4, 0.5) is 8.78 Å². The van der Waals surface area contributed by atoms with Gasteiger partial charge < -0.3 is 0 Å². The average Bonchev–Trinajstić information content (AvgIpc) is 3.18. The average molecular weight is 401 g/mol. The number of H-pyrrole nitrogens is 1. The summed E-state index contributed by atoms with van der Waals surface area (Å²) in [6, 6.07) is 7.02.